The van der Waals surface area contributed by atoms with E-state index in [1.165, 1.54) is 0 Å². The first-order valence-electron chi connectivity index (χ1n) is 11.4. The lowest BCUT2D eigenvalue weighted by atomic mass is 10.0. The van der Waals surface area contributed by atoms with Gasteiger partial charge in [-0.25, -0.2) is 0 Å². The van der Waals surface area contributed by atoms with E-state index >= 15 is 0 Å². The second kappa shape index (κ2) is 12.4. The van der Waals surface area contributed by atoms with Crippen LogP contribution in [0.3, 0.4) is 0 Å². The molecule has 0 heterocycles. The Kier molecular flexibility index (Phi) is 9.09. The second-order valence-corrected chi connectivity index (χ2v) is 8.01. The number of methoxy groups -OCH3 is 1. The van der Waals surface area contributed by atoms with Gasteiger partial charge in [0, 0.05) is 19.5 Å². The van der Waals surface area contributed by atoms with Crippen molar-refractivity contribution in [2.24, 2.45) is 0 Å². The zero-order valence-corrected chi connectivity index (χ0v) is 20.0. The quantitative estimate of drug-likeness (QED) is 0.467. The molecule has 0 radical (unpaired) electrons. The molecule has 3 rings (SSSR count). The summed E-state index contributed by atoms with van der Waals surface area (Å²) >= 11 is 0. The number of nitrogens with one attached hydrogen (secondary N) is 1. The number of aryl methyl sites for hydroxylation is 1. The average Bonchev–Trinajstić information content (AvgIpc) is 2.86. The molecule has 1 atom stereocenters. The monoisotopic (exact) mass is 460 g/mol. The minimum absolute atomic E-state index is 0.178. The van der Waals surface area contributed by atoms with Crippen molar-refractivity contribution < 1.29 is 19.1 Å². The average molecular weight is 461 g/mol. The van der Waals surface area contributed by atoms with Crippen LogP contribution >= 0.6 is 0 Å². The van der Waals surface area contributed by atoms with Crippen molar-refractivity contribution in [2.45, 2.75) is 32.9 Å². The summed E-state index contributed by atoms with van der Waals surface area (Å²) in [6.07, 6.45) is 0.410. The molecule has 0 saturated heterocycles. The fourth-order valence-corrected chi connectivity index (χ4v) is 3.72. The second-order valence-electron chi connectivity index (χ2n) is 8.01. The molecule has 0 fully saturated rings. The molecule has 2 amide bonds. The van der Waals surface area contributed by atoms with Gasteiger partial charge in [-0.3, -0.25) is 9.59 Å². The standard InChI is InChI=1S/C28H32N2O4/c1-4-29-28(32)26(18-22-11-6-5-7-12-22)30(19-23-13-9-8-10-21(23)2)27(31)20-34-25-16-14-24(33-3)15-17-25/h5-17,26H,4,18-20H2,1-3H3,(H,29,32). The molecule has 0 aromatic heterocycles. The van der Waals surface area contributed by atoms with Crippen molar-refractivity contribution in [1.82, 2.24) is 10.2 Å². The molecule has 0 aliphatic carbocycles. The summed E-state index contributed by atoms with van der Waals surface area (Å²) in [5.74, 6) is 0.825. The van der Waals surface area contributed by atoms with Crippen molar-refractivity contribution in [3.05, 3.63) is 95.6 Å². The molecule has 6 nitrogen and oxygen atoms in total. The third-order valence-corrected chi connectivity index (χ3v) is 5.65. The van der Waals surface area contributed by atoms with E-state index in [9.17, 15) is 9.59 Å². The van der Waals surface area contributed by atoms with E-state index in [2.05, 4.69) is 5.32 Å². The van der Waals surface area contributed by atoms with E-state index in [0.29, 0.717) is 31.0 Å². The predicted octanol–water partition coefficient (Wildman–Crippen LogP) is 4.16. The first kappa shape index (κ1) is 24.8. The van der Waals surface area contributed by atoms with Gasteiger partial charge in [0.25, 0.3) is 5.91 Å². The Morgan fingerprint density at radius 3 is 2.21 bits per heavy atom. The summed E-state index contributed by atoms with van der Waals surface area (Å²) in [6, 6.07) is 24.0. The van der Waals surface area contributed by atoms with Gasteiger partial charge in [-0.05, 0) is 54.8 Å². The third-order valence-electron chi connectivity index (χ3n) is 5.65. The zero-order valence-electron chi connectivity index (χ0n) is 20.0. The molecule has 0 spiro atoms. The lowest BCUT2D eigenvalue weighted by Gasteiger charge is -2.31. The fourth-order valence-electron chi connectivity index (χ4n) is 3.72. The summed E-state index contributed by atoms with van der Waals surface area (Å²) in [5, 5.41) is 2.90. The predicted molar refractivity (Wildman–Crippen MR) is 133 cm³/mol. The third kappa shape index (κ3) is 6.85. The van der Waals surface area contributed by atoms with Gasteiger partial charge in [0.05, 0.1) is 7.11 Å². The van der Waals surface area contributed by atoms with E-state index in [1.807, 2.05) is 68.4 Å². The summed E-state index contributed by atoms with van der Waals surface area (Å²) in [7, 11) is 1.59. The van der Waals surface area contributed by atoms with Gasteiger partial charge >= 0.3 is 0 Å². The maximum absolute atomic E-state index is 13.5. The van der Waals surface area contributed by atoms with Crippen molar-refractivity contribution >= 4 is 11.8 Å². The summed E-state index contributed by atoms with van der Waals surface area (Å²) in [6.45, 7) is 4.50. The summed E-state index contributed by atoms with van der Waals surface area (Å²) in [5.41, 5.74) is 3.03. The highest BCUT2D eigenvalue weighted by atomic mass is 16.5. The Morgan fingerprint density at radius 2 is 1.56 bits per heavy atom. The molecule has 34 heavy (non-hydrogen) atoms. The summed E-state index contributed by atoms with van der Waals surface area (Å²) < 4.78 is 11.0. The molecule has 0 aliphatic rings. The first-order chi connectivity index (χ1) is 16.5. The highest BCUT2D eigenvalue weighted by Crippen LogP contribution is 2.19. The van der Waals surface area contributed by atoms with Crippen molar-refractivity contribution in [1.29, 1.82) is 0 Å². The molecule has 1 unspecified atom stereocenters. The Bertz CT molecular complexity index is 1070. The van der Waals surface area contributed by atoms with Gasteiger partial charge in [-0.1, -0.05) is 54.6 Å². The first-order valence-corrected chi connectivity index (χ1v) is 11.4. The molecule has 0 bridgehead atoms. The highest BCUT2D eigenvalue weighted by molar-refractivity contribution is 5.88. The van der Waals surface area contributed by atoms with Crippen LogP contribution < -0.4 is 14.8 Å². The topological polar surface area (TPSA) is 67.9 Å². The van der Waals surface area contributed by atoms with Crippen LogP contribution in [0.15, 0.2) is 78.9 Å². The number of amides is 2. The van der Waals surface area contributed by atoms with Crippen LogP contribution in [0.1, 0.15) is 23.6 Å². The minimum atomic E-state index is -0.672. The molecule has 6 heteroatoms. The number of carbonyl (C=O) groups excluding carboxylic acids is 2. The van der Waals surface area contributed by atoms with Gasteiger partial charge in [-0.15, -0.1) is 0 Å². The van der Waals surface area contributed by atoms with E-state index < -0.39 is 6.04 Å². The van der Waals surface area contributed by atoms with Crippen LogP contribution in [-0.4, -0.2) is 43.0 Å². The van der Waals surface area contributed by atoms with Crippen LogP contribution in [0.5, 0.6) is 11.5 Å². The number of hydrogen-bond acceptors (Lipinski definition) is 4. The van der Waals surface area contributed by atoms with Gasteiger partial charge in [-0.2, -0.15) is 0 Å². The maximum atomic E-state index is 13.5. The van der Waals surface area contributed by atoms with Crippen LogP contribution in [0, 0.1) is 6.92 Å². The zero-order chi connectivity index (χ0) is 24.3. The highest BCUT2D eigenvalue weighted by Gasteiger charge is 2.30. The largest absolute Gasteiger partial charge is 0.497 e. The minimum Gasteiger partial charge on any atom is -0.497 e. The number of benzene rings is 3. The van der Waals surface area contributed by atoms with Crippen LogP contribution in [0.4, 0.5) is 0 Å². The molecular formula is C28H32N2O4. The lowest BCUT2D eigenvalue weighted by molar-refractivity contribution is -0.142. The Labute approximate surface area is 201 Å². The molecule has 3 aromatic rings. The van der Waals surface area contributed by atoms with Crippen LogP contribution in [0.25, 0.3) is 0 Å². The molecule has 0 aliphatic heterocycles. The SMILES string of the molecule is CCNC(=O)C(Cc1ccccc1)N(Cc1ccccc1C)C(=O)COc1ccc(OC)cc1. The van der Waals surface area contributed by atoms with Crippen molar-refractivity contribution in [3.8, 4) is 11.5 Å². The fraction of sp³-hybridized carbons (Fsp3) is 0.286. The van der Waals surface area contributed by atoms with Crippen molar-refractivity contribution in [2.75, 3.05) is 20.3 Å². The molecule has 1 N–H and O–H groups in total. The van der Waals surface area contributed by atoms with Gasteiger partial charge in [0.2, 0.25) is 5.91 Å². The molecule has 178 valence electrons. The van der Waals surface area contributed by atoms with Crippen LogP contribution in [0.2, 0.25) is 0 Å². The van der Waals surface area contributed by atoms with Gasteiger partial charge < -0.3 is 19.7 Å². The smallest absolute Gasteiger partial charge is 0.261 e. The summed E-state index contributed by atoms with van der Waals surface area (Å²) in [4.78, 5) is 28.3. The van der Waals surface area contributed by atoms with Crippen LogP contribution in [-0.2, 0) is 22.6 Å². The number of hydrogen-bond donors (Lipinski definition) is 1. The Hall–Kier alpha value is -3.80. The lowest BCUT2D eigenvalue weighted by Crippen LogP contribution is -2.51. The van der Waals surface area contributed by atoms with E-state index in [4.69, 9.17) is 9.47 Å². The molecule has 0 saturated carbocycles. The molecular weight excluding hydrogens is 428 g/mol. The molecule has 3 aromatic carbocycles. The number of nitrogens with zero attached hydrogens (tertiary/aromatic N) is 1. The number of rotatable bonds is 11. The van der Waals surface area contributed by atoms with Gasteiger partial charge in [0.15, 0.2) is 6.61 Å². The number of ether oxygens (including phenoxy) is 2. The van der Waals surface area contributed by atoms with Gasteiger partial charge in [0.1, 0.15) is 17.5 Å². The normalized spacial score (nSPS) is 11.4. The number of likely N-dealkylation sites (N-methyl/N-ethyl adjacent to an activating group) is 1. The maximum Gasteiger partial charge on any atom is 0.261 e. The van der Waals surface area contributed by atoms with Crippen molar-refractivity contribution in [3.63, 3.8) is 0 Å². The van der Waals surface area contributed by atoms with E-state index in [1.54, 1.807) is 36.3 Å². The number of carbonyl (C=O) groups is 2. The Balaban J connectivity index is 1.87. The van der Waals surface area contributed by atoms with E-state index in [-0.39, 0.29) is 18.4 Å². The Morgan fingerprint density at radius 1 is 0.912 bits per heavy atom. The van der Waals surface area contributed by atoms with E-state index in [0.717, 1.165) is 16.7 Å².